The highest BCUT2D eigenvalue weighted by atomic mass is 32.2. The van der Waals surface area contributed by atoms with E-state index in [4.69, 9.17) is 4.55 Å². The molecule has 6 heteroatoms. The van der Waals surface area contributed by atoms with E-state index in [9.17, 15) is 13.2 Å². The summed E-state index contributed by atoms with van der Waals surface area (Å²) in [5.41, 5.74) is 0.993. The molecule has 0 heterocycles. The summed E-state index contributed by atoms with van der Waals surface area (Å²) in [7, 11) is -4.27. The highest BCUT2D eigenvalue weighted by Gasteiger charge is 2.15. The summed E-state index contributed by atoms with van der Waals surface area (Å²) >= 11 is 0. The van der Waals surface area contributed by atoms with Crippen molar-refractivity contribution < 1.29 is 17.8 Å². The van der Waals surface area contributed by atoms with Gasteiger partial charge in [-0.1, -0.05) is 48.5 Å². The minimum absolute atomic E-state index is 0.226. The van der Waals surface area contributed by atoms with Crippen LogP contribution in [0.3, 0.4) is 0 Å². The number of hydrogen-bond acceptors (Lipinski definition) is 3. The zero-order valence-electron chi connectivity index (χ0n) is 14.1. The van der Waals surface area contributed by atoms with Gasteiger partial charge in [-0.2, -0.15) is 8.42 Å². The number of nitrogens with one attached hydrogen (secondary N) is 1. The van der Waals surface area contributed by atoms with E-state index in [1.807, 2.05) is 54.6 Å². The molecule has 0 saturated carbocycles. The molecule has 5 nitrogen and oxygen atoms in total. The van der Waals surface area contributed by atoms with Gasteiger partial charge in [-0.05, 0) is 51.9 Å². The maximum atomic E-state index is 13.0. The van der Waals surface area contributed by atoms with Gasteiger partial charge in [-0.15, -0.1) is 0 Å². The molecule has 0 atom stereocenters. The van der Waals surface area contributed by atoms with Crippen molar-refractivity contribution in [2.75, 3.05) is 5.32 Å². The first-order valence-corrected chi connectivity index (χ1v) is 9.67. The molecular weight excluding hydrogens is 362 g/mol. The molecule has 0 radical (unpaired) electrons. The Balaban J connectivity index is 1.80. The number of anilines is 1. The molecule has 0 aliphatic rings. The van der Waals surface area contributed by atoms with Crippen molar-refractivity contribution in [1.29, 1.82) is 0 Å². The van der Waals surface area contributed by atoms with E-state index < -0.39 is 10.1 Å². The zero-order valence-corrected chi connectivity index (χ0v) is 14.9. The largest absolute Gasteiger partial charge is 0.322 e. The zero-order chi connectivity index (χ0) is 19.0. The highest BCUT2D eigenvalue weighted by molar-refractivity contribution is 7.85. The molecule has 0 fully saturated rings. The Hall–Kier alpha value is -3.22. The molecule has 0 aliphatic carbocycles. The van der Waals surface area contributed by atoms with Crippen molar-refractivity contribution in [1.82, 2.24) is 0 Å². The number of rotatable bonds is 3. The minimum atomic E-state index is -4.27. The summed E-state index contributed by atoms with van der Waals surface area (Å²) in [5.74, 6) is -0.289. The van der Waals surface area contributed by atoms with Crippen LogP contribution in [-0.4, -0.2) is 18.9 Å². The Labute approximate surface area is 156 Å². The second-order valence-electron chi connectivity index (χ2n) is 6.15. The maximum absolute atomic E-state index is 13.0. The predicted octanol–water partition coefficient (Wildman–Crippen LogP) is 4.49. The molecule has 4 aromatic carbocycles. The summed E-state index contributed by atoms with van der Waals surface area (Å²) in [4.78, 5) is 12.8. The van der Waals surface area contributed by atoms with Gasteiger partial charge in [0.15, 0.2) is 0 Å². The van der Waals surface area contributed by atoms with Gasteiger partial charge >= 0.3 is 0 Å². The second-order valence-corrected chi connectivity index (χ2v) is 7.57. The number of carbonyl (C=O) groups excluding carboxylic acids is 1. The fourth-order valence-electron chi connectivity index (χ4n) is 3.16. The van der Waals surface area contributed by atoms with Crippen molar-refractivity contribution in [2.24, 2.45) is 0 Å². The average molecular weight is 377 g/mol. The van der Waals surface area contributed by atoms with Gasteiger partial charge in [0, 0.05) is 5.69 Å². The molecular formula is C21H15NO4S. The van der Waals surface area contributed by atoms with Gasteiger partial charge in [-0.25, -0.2) is 0 Å². The smallest absolute Gasteiger partial charge is 0.294 e. The topological polar surface area (TPSA) is 83.5 Å². The Kier molecular flexibility index (Phi) is 4.14. The minimum Gasteiger partial charge on any atom is -0.322 e. The van der Waals surface area contributed by atoms with E-state index in [1.54, 1.807) is 0 Å². The monoisotopic (exact) mass is 377 g/mol. The average Bonchev–Trinajstić information content (AvgIpc) is 2.65. The SMILES string of the molecule is O=C(Nc1ccc(S(=O)(=O)O)cc1)c1c2ccccc2cc2ccccc12. The van der Waals surface area contributed by atoms with Crippen LogP contribution in [0.5, 0.6) is 0 Å². The lowest BCUT2D eigenvalue weighted by molar-refractivity contribution is 0.103. The van der Waals surface area contributed by atoms with Crippen molar-refractivity contribution in [2.45, 2.75) is 4.90 Å². The Morgan fingerprint density at radius 2 is 1.30 bits per heavy atom. The molecule has 2 N–H and O–H groups in total. The molecule has 0 unspecified atom stereocenters. The lowest BCUT2D eigenvalue weighted by atomic mass is 9.96. The third-order valence-electron chi connectivity index (χ3n) is 4.41. The highest BCUT2D eigenvalue weighted by Crippen LogP contribution is 2.29. The van der Waals surface area contributed by atoms with Gasteiger partial charge in [0.2, 0.25) is 0 Å². The van der Waals surface area contributed by atoms with Crippen LogP contribution in [0.2, 0.25) is 0 Å². The van der Waals surface area contributed by atoms with E-state index >= 15 is 0 Å². The number of amides is 1. The number of carbonyl (C=O) groups is 1. The van der Waals surface area contributed by atoms with Crippen LogP contribution in [-0.2, 0) is 10.1 Å². The lowest BCUT2D eigenvalue weighted by Crippen LogP contribution is -2.13. The van der Waals surface area contributed by atoms with E-state index in [-0.39, 0.29) is 10.8 Å². The number of benzene rings is 4. The van der Waals surface area contributed by atoms with Crippen LogP contribution in [0.25, 0.3) is 21.5 Å². The third-order valence-corrected chi connectivity index (χ3v) is 5.28. The number of fused-ring (bicyclic) bond motifs is 2. The standard InChI is InChI=1S/C21H15NO4S/c23-21(22-16-9-11-17(12-10-16)27(24,25)26)20-18-7-3-1-5-14(18)13-15-6-2-4-8-19(15)20/h1-13H,(H,22,23)(H,24,25,26). The van der Waals surface area contributed by atoms with Gasteiger partial charge < -0.3 is 5.32 Å². The van der Waals surface area contributed by atoms with E-state index in [0.717, 1.165) is 21.5 Å². The Morgan fingerprint density at radius 3 is 1.81 bits per heavy atom. The van der Waals surface area contributed by atoms with Gasteiger partial charge in [0.05, 0.1) is 10.5 Å². The van der Waals surface area contributed by atoms with Crippen LogP contribution in [0.1, 0.15) is 10.4 Å². The van der Waals surface area contributed by atoms with Crippen molar-refractivity contribution in [3.05, 3.63) is 84.4 Å². The molecule has 4 aromatic rings. The first-order chi connectivity index (χ1) is 12.9. The Morgan fingerprint density at radius 1 is 0.778 bits per heavy atom. The lowest BCUT2D eigenvalue weighted by Gasteiger charge is -2.12. The molecule has 0 bridgehead atoms. The van der Waals surface area contributed by atoms with Gasteiger partial charge in [0.25, 0.3) is 16.0 Å². The summed E-state index contributed by atoms with van der Waals surface area (Å²) in [6.07, 6.45) is 0. The van der Waals surface area contributed by atoms with Crippen LogP contribution in [0, 0.1) is 0 Å². The van der Waals surface area contributed by atoms with Crippen LogP contribution in [0.15, 0.2) is 83.8 Å². The second kappa shape index (κ2) is 6.50. The van der Waals surface area contributed by atoms with Gasteiger partial charge in [-0.3, -0.25) is 9.35 Å². The van der Waals surface area contributed by atoms with Crippen LogP contribution < -0.4 is 5.32 Å². The molecule has 4 rings (SSSR count). The molecule has 0 saturated heterocycles. The molecule has 27 heavy (non-hydrogen) atoms. The quantitative estimate of drug-likeness (QED) is 0.407. The van der Waals surface area contributed by atoms with Crippen molar-refractivity contribution in [3.63, 3.8) is 0 Å². The van der Waals surface area contributed by atoms with Crippen molar-refractivity contribution >= 4 is 43.3 Å². The first-order valence-electron chi connectivity index (χ1n) is 8.23. The summed E-state index contributed by atoms with van der Waals surface area (Å²) in [6, 6.07) is 22.7. The predicted molar refractivity (Wildman–Crippen MR) is 106 cm³/mol. The molecule has 0 aromatic heterocycles. The summed E-state index contributed by atoms with van der Waals surface area (Å²) < 4.78 is 31.4. The van der Waals surface area contributed by atoms with Gasteiger partial charge in [0.1, 0.15) is 0 Å². The summed E-state index contributed by atoms with van der Waals surface area (Å²) in [5, 5.41) is 6.40. The number of hydrogen-bond donors (Lipinski definition) is 2. The summed E-state index contributed by atoms with van der Waals surface area (Å²) in [6.45, 7) is 0. The van der Waals surface area contributed by atoms with Crippen molar-refractivity contribution in [3.8, 4) is 0 Å². The van der Waals surface area contributed by atoms with E-state index in [0.29, 0.717) is 11.3 Å². The third kappa shape index (κ3) is 3.28. The normalized spacial score (nSPS) is 11.6. The van der Waals surface area contributed by atoms with E-state index in [1.165, 1.54) is 24.3 Å². The fraction of sp³-hybridized carbons (Fsp3) is 0. The fourth-order valence-corrected chi connectivity index (χ4v) is 3.64. The maximum Gasteiger partial charge on any atom is 0.294 e. The Bertz CT molecular complexity index is 1220. The first kappa shape index (κ1) is 17.2. The van der Waals surface area contributed by atoms with E-state index in [2.05, 4.69) is 5.32 Å². The van der Waals surface area contributed by atoms with Crippen LogP contribution in [0.4, 0.5) is 5.69 Å². The molecule has 0 spiro atoms. The molecule has 0 aliphatic heterocycles. The molecule has 134 valence electrons. The van der Waals surface area contributed by atoms with Crippen LogP contribution >= 0.6 is 0 Å². The molecule has 1 amide bonds.